The second kappa shape index (κ2) is 5.42. The van der Waals surface area contributed by atoms with Crippen LogP contribution in [0.15, 0.2) is 0 Å². The van der Waals surface area contributed by atoms with E-state index in [2.05, 4.69) is 15.1 Å². The molecular weight excluding hydrogens is 240 g/mol. The van der Waals surface area contributed by atoms with Gasteiger partial charge in [-0.3, -0.25) is 4.79 Å². The summed E-state index contributed by atoms with van der Waals surface area (Å²) in [6, 6.07) is 0. The molecule has 7 heteroatoms. The molecule has 2 heterocycles. The predicted molar refractivity (Wildman–Crippen MR) is 64.8 cm³/mol. The Kier molecular flexibility index (Phi) is 3.90. The number of likely N-dealkylation sites (tertiary alicyclic amines) is 1. The molecule has 1 saturated heterocycles. The number of aliphatic carboxylic acids is 1. The van der Waals surface area contributed by atoms with Gasteiger partial charge in [0.15, 0.2) is 0 Å². The van der Waals surface area contributed by atoms with Crippen molar-refractivity contribution in [2.75, 3.05) is 25.4 Å². The molecule has 1 aliphatic heterocycles. The van der Waals surface area contributed by atoms with Crippen LogP contribution in [0.3, 0.4) is 0 Å². The molecular formula is C10H16N4O2S. The molecule has 1 unspecified atom stereocenters. The third-order valence-corrected chi connectivity index (χ3v) is 3.79. The van der Waals surface area contributed by atoms with Gasteiger partial charge in [-0.2, -0.15) is 0 Å². The van der Waals surface area contributed by atoms with E-state index in [4.69, 9.17) is 10.8 Å². The molecule has 1 aromatic heterocycles. The zero-order valence-corrected chi connectivity index (χ0v) is 10.3. The van der Waals surface area contributed by atoms with E-state index in [-0.39, 0.29) is 5.92 Å². The molecule has 17 heavy (non-hydrogen) atoms. The topological polar surface area (TPSA) is 92.3 Å². The molecule has 0 radical (unpaired) electrons. The minimum Gasteiger partial charge on any atom is -0.481 e. The number of anilines is 1. The molecule has 0 aliphatic carbocycles. The summed E-state index contributed by atoms with van der Waals surface area (Å²) in [6.07, 6.45) is 2.54. The third-order valence-electron chi connectivity index (χ3n) is 2.98. The minimum atomic E-state index is -0.685. The number of carboxylic acids is 1. The Morgan fingerprint density at radius 1 is 1.59 bits per heavy atom. The zero-order chi connectivity index (χ0) is 12.3. The van der Waals surface area contributed by atoms with Crippen LogP contribution in [-0.2, 0) is 11.2 Å². The van der Waals surface area contributed by atoms with Gasteiger partial charge < -0.3 is 15.7 Å². The van der Waals surface area contributed by atoms with E-state index >= 15 is 0 Å². The normalized spacial score (nSPS) is 21.5. The molecule has 6 nitrogen and oxygen atoms in total. The van der Waals surface area contributed by atoms with Crippen molar-refractivity contribution in [2.45, 2.75) is 19.3 Å². The zero-order valence-electron chi connectivity index (χ0n) is 9.50. The highest BCUT2D eigenvalue weighted by atomic mass is 32.1. The molecule has 0 bridgehead atoms. The molecule has 0 spiro atoms. The quantitative estimate of drug-likeness (QED) is 0.813. The largest absolute Gasteiger partial charge is 0.481 e. The lowest BCUT2D eigenvalue weighted by Crippen LogP contribution is -2.39. The number of hydrogen-bond acceptors (Lipinski definition) is 6. The van der Waals surface area contributed by atoms with Gasteiger partial charge in [-0.15, -0.1) is 10.2 Å². The molecule has 0 saturated carbocycles. The average Bonchev–Trinajstić information content (AvgIpc) is 2.73. The number of hydrogen-bond donors (Lipinski definition) is 2. The van der Waals surface area contributed by atoms with Crippen LogP contribution in [0.25, 0.3) is 0 Å². The highest BCUT2D eigenvalue weighted by Gasteiger charge is 2.25. The van der Waals surface area contributed by atoms with Crippen molar-refractivity contribution in [3.8, 4) is 0 Å². The summed E-state index contributed by atoms with van der Waals surface area (Å²) < 4.78 is 0. The molecule has 94 valence electrons. The van der Waals surface area contributed by atoms with Crippen molar-refractivity contribution in [3.63, 3.8) is 0 Å². The monoisotopic (exact) mass is 256 g/mol. The van der Waals surface area contributed by atoms with Crippen molar-refractivity contribution in [1.82, 2.24) is 15.1 Å². The van der Waals surface area contributed by atoms with E-state index in [1.54, 1.807) is 0 Å². The van der Waals surface area contributed by atoms with Crippen LogP contribution in [0.4, 0.5) is 5.13 Å². The van der Waals surface area contributed by atoms with Gasteiger partial charge in [0.2, 0.25) is 5.13 Å². The fourth-order valence-electron chi connectivity index (χ4n) is 2.08. The van der Waals surface area contributed by atoms with Crippen LogP contribution in [0.1, 0.15) is 17.8 Å². The first-order valence-corrected chi connectivity index (χ1v) is 6.50. The van der Waals surface area contributed by atoms with Gasteiger partial charge in [0.25, 0.3) is 0 Å². The fourth-order valence-corrected chi connectivity index (χ4v) is 2.68. The van der Waals surface area contributed by atoms with Crippen molar-refractivity contribution in [2.24, 2.45) is 5.92 Å². The number of rotatable bonds is 4. The number of aromatic nitrogens is 2. The van der Waals surface area contributed by atoms with Crippen LogP contribution in [-0.4, -0.2) is 45.8 Å². The van der Waals surface area contributed by atoms with Gasteiger partial charge in [-0.25, -0.2) is 0 Å². The minimum absolute atomic E-state index is 0.219. The average molecular weight is 256 g/mol. The van der Waals surface area contributed by atoms with Gasteiger partial charge >= 0.3 is 5.97 Å². The number of carboxylic acid groups (broad SMARTS) is 1. The second-order valence-corrected chi connectivity index (χ2v) is 5.36. The Hall–Kier alpha value is -1.21. The number of carbonyl (C=O) groups is 1. The van der Waals surface area contributed by atoms with Crippen molar-refractivity contribution in [3.05, 3.63) is 5.01 Å². The molecule has 1 aromatic rings. The van der Waals surface area contributed by atoms with Crippen LogP contribution in [0.2, 0.25) is 0 Å². The van der Waals surface area contributed by atoms with Crippen molar-refractivity contribution < 1.29 is 9.90 Å². The van der Waals surface area contributed by atoms with Crippen molar-refractivity contribution >= 4 is 22.4 Å². The summed E-state index contributed by atoms with van der Waals surface area (Å²) >= 11 is 1.40. The van der Waals surface area contributed by atoms with Crippen LogP contribution in [0, 0.1) is 5.92 Å². The first kappa shape index (κ1) is 12.3. The summed E-state index contributed by atoms with van der Waals surface area (Å²) in [7, 11) is 0. The first-order valence-electron chi connectivity index (χ1n) is 5.68. The molecule has 1 aliphatic rings. The molecule has 0 aromatic carbocycles. The highest BCUT2D eigenvalue weighted by Crippen LogP contribution is 2.18. The van der Waals surface area contributed by atoms with Gasteiger partial charge in [0, 0.05) is 19.5 Å². The number of nitrogens with two attached hydrogens (primary N) is 1. The Labute approximate surface area is 103 Å². The van der Waals surface area contributed by atoms with E-state index in [1.807, 2.05) is 0 Å². The number of nitrogen functional groups attached to an aromatic ring is 1. The van der Waals surface area contributed by atoms with Gasteiger partial charge in [-0.05, 0) is 19.4 Å². The molecule has 1 atom stereocenters. The Bertz CT molecular complexity index is 395. The molecule has 1 fully saturated rings. The SMILES string of the molecule is Nc1nnc(CCN2CCCC(C(=O)O)C2)s1. The smallest absolute Gasteiger partial charge is 0.307 e. The highest BCUT2D eigenvalue weighted by molar-refractivity contribution is 7.15. The van der Waals surface area contributed by atoms with Gasteiger partial charge in [0.1, 0.15) is 5.01 Å². The van der Waals surface area contributed by atoms with Crippen LogP contribution in [0.5, 0.6) is 0 Å². The summed E-state index contributed by atoms with van der Waals surface area (Å²) in [5.74, 6) is -0.905. The van der Waals surface area contributed by atoms with E-state index < -0.39 is 5.97 Å². The van der Waals surface area contributed by atoms with E-state index in [1.165, 1.54) is 11.3 Å². The van der Waals surface area contributed by atoms with Gasteiger partial charge in [0.05, 0.1) is 5.92 Å². The van der Waals surface area contributed by atoms with Gasteiger partial charge in [-0.1, -0.05) is 11.3 Å². The lowest BCUT2D eigenvalue weighted by molar-refractivity contribution is -0.143. The van der Waals surface area contributed by atoms with Crippen LogP contribution >= 0.6 is 11.3 Å². The van der Waals surface area contributed by atoms with E-state index in [0.29, 0.717) is 11.7 Å². The standard InChI is InChI=1S/C10H16N4O2S/c11-10-13-12-8(17-10)3-5-14-4-1-2-7(6-14)9(15)16/h7H,1-6H2,(H2,11,13)(H,15,16). The maximum absolute atomic E-state index is 10.9. The summed E-state index contributed by atoms with van der Waals surface area (Å²) in [4.78, 5) is 13.1. The second-order valence-electron chi connectivity index (χ2n) is 4.26. The van der Waals surface area contributed by atoms with E-state index in [9.17, 15) is 4.79 Å². The summed E-state index contributed by atoms with van der Waals surface area (Å²) in [6.45, 7) is 2.44. The maximum atomic E-state index is 10.9. The summed E-state index contributed by atoms with van der Waals surface area (Å²) in [5, 5.41) is 18.1. The number of piperidine rings is 1. The van der Waals surface area contributed by atoms with E-state index in [0.717, 1.165) is 37.4 Å². The molecule has 2 rings (SSSR count). The maximum Gasteiger partial charge on any atom is 0.307 e. The number of nitrogens with zero attached hydrogens (tertiary/aromatic N) is 3. The third kappa shape index (κ3) is 3.37. The molecule has 0 amide bonds. The van der Waals surface area contributed by atoms with Crippen molar-refractivity contribution in [1.29, 1.82) is 0 Å². The Balaban J connectivity index is 1.81. The fraction of sp³-hybridized carbons (Fsp3) is 0.700. The predicted octanol–water partition coefficient (Wildman–Crippen LogP) is 0.459. The molecule has 3 N–H and O–H groups in total. The Morgan fingerprint density at radius 3 is 3.06 bits per heavy atom. The first-order chi connectivity index (χ1) is 8.15. The summed E-state index contributed by atoms with van der Waals surface area (Å²) in [5.41, 5.74) is 5.50. The lowest BCUT2D eigenvalue weighted by Gasteiger charge is -2.30. The van der Waals surface area contributed by atoms with Crippen LogP contribution < -0.4 is 5.73 Å². The Morgan fingerprint density at radius 2 is 2.41 bits per heavy atom. The lowest BCUT2D eigenvalue weighted by atomic mass is 9.98.